The third kappa shape index (κ3) is 6.97. The average molecular weight is 619 g/mol. The molecule has 2 unspecified atom stereocenters. The molecule has 0 spiro atoms. The lowest BCUT2D eigenvalue weighted by Gasteiger charge is -2.30. The van der Waals surface area contributed by atoms with Crippen molar-refractivity contribution in [1.29, 1.82) is 0 Å². The average Bonchev–Trinajstić information content (AvgIpc) is 3.30. The summed E-state index contributed by atoms with van der Waals surface area (Å²) in [7, 11) is -4.01. The van der Waals surface area contributed by atoms with Gasteiger partial charge in [-0.25, -0.2) is 8.42 Å². The third-order valence-corrected chi connectivity index (χ3v) is 11.3. The van der Waals surface area contributed by atoms with E-state index in [9.17, 15) is 27.6 Å². The number of sulfonamides is 1. The van der Waals surface area contributed by atoms with Crippen LogP contribution in [0.1, 0.15) is 109 Å². The highest BCUT2D eigenvalue weighted by Crippen LogP contribution is 2.46. The molecular formula is C30H46N6O6S. The minimum atomic E-state index is -4.01. The van der Waals surface area contributed by atoms with E-state index in [1.807, 2.05) is 26.0 Å². The summed E-state index contributed by atoms with van der Waals surface area (Å²) in [6, 6.07) is 0.0199. The van der Waals surface area contributed by atoms with Crippen LogP contribution in [0, 0.1) is 5.92 Å². The monoisotopic (exact) mass is 618 g/mol. The Bertz CT molecular complexity index is 1370. The standard InChI is InChI=1S/C30H46N6O6S/c1-6-29(4,5)43(41,42)34-28(40)30-19-21(30)13-10-8-7-9-11-14-23(27(39)35-17-12-15-24(35)26(38)32-30)31-25(37)22-16-18-36(33-22)20(2)3/h10,13,16,18,20-21,23-24H,6-9,11-12,14-15,17,19H2,1-5H3,(H,31,37)(H,32,38)(H,34,40)/b13-10-/t21?,23-,24?,30+/m0/s1. The molecule has 4 amide bonds. The molecule has 3 aliphatic rings. The number of fused-ring (bicyclic) bond motifs is 2. The van der Waals surface area contributed by atoms with Gasteiger partial charge in [-0.05, 0) is 78.7 Å². The molecule has 3 N–H and O–H groups in total. The molecule has 43 heavy (non-hydrogen) atoms. The molecule has 1 aromatic rings. The molecule has 1 saturated heterocycles. The fraction of sp³-hybridized carbons (Fsp3) is 0.700. The molecule has 13 heteroatoms. The van der Waals surface area contributed by atoms with Crippen LogP contribution in [0.3, 0.4) is 0 Å². The van der Waals surface area contributed by atoms with Gasteiger partial charge in [0.05, 0.1) is 4.75 Å². The molecule has 0 bridgehead atoms. The van der Waals surface area contributed by atoms with E-state index in [1.165, 1.54) is 4.90 Å². The van der Waals surface area contributed by atoms with Crippen LogP contribution >= 0.6 is 0 Å². The Balaban J connectivity index is 1.56. The molecule has 0 aromatic carbocycles. The molecule has 2 fully saturated rings. The second-order valence-electron chi connectivity index (χ2n) is 12.9. The van der Waals surface area contributed by atoms with Gasteiger partial charge >= 0.3 is 0 Å². The topological polar surface area (TPSA) is 160 Å². The fourth-order valence-electron chi connectivity index (χ4n) is 5.61. The van der Waals surface area contributed by atoms with Crippen LogP contribution in [0.25, 0.3) is 0 Å². The zero-order valence-electron chi connectivity index (χ0n) is 25.9. The van der Waals surface area contributed by atoms with E-state index in [1.54, 1.807) is 37.7 Å². The maximum absolute atomic E-state index is 13.9. The van der Waals surface area contributed by atoms with Crippen LogP contribution in [0.2, 0.25) is 0 Å². The van der Waals surface area contributed by atoms with E-state index in [-0.39, 0.29) is 30.0 Å². The van der Waals surface area contributed by atoms with Gasteiger partial charge in [0.15, 0.2) is 0 Å². The number of amides is 4. The first-order valence-electron chi connectivity index (χ1n) is 15.4. The highest BCUT2D eigenvalue weighted by molar-refractivity contribution is 7.91. The Kier molecular flexibility index (Phi) is 9.72. The van der Waals surface area contributed by atoms with E-state index in [2.05, 4.69) is 20.5 Å². The maximum atomic E-state index is 13.9. The van der Waals surface area contributed by atoms with Crippen molar-refractivity contribution in [2.45, 2.75) is 121 Å². The number of aromatic nitrogens is 2. The second-order valence-corrected chi connectivity index (χ2v) is 15.2. The zero-order chi connectivity index (χ0) is 31.6. The third-order valence-electron chi connectivity index (χ3n) is 9.12. The van der Waals surface area contributed by atoms with E-state index < -0.39 is 50.1 Å². The summed E-state index contributed by atoms with van der Waals surface area (Å²) in [6.07, 6.45) is 10.7. The largest absolute Gasteiger partial charge is 0.339 e. The smallest absolute Gasteiger partial charge is 0.272 e. The van der Waals surface area contributed by atoms with Gasteiger partial charge in [0.25, 0.3) is 11.8 Å². The number of rotatable bonds is 7. The molecule has 3 heterocycles. The second kappa shape index (κ2) is 12.8. The molecule has 1 saturated carbocycles. The summed E-state index contributed by atoms with van der Waals surface area (Å²) in [5.74, 6) is -2.42. The fourth-order valence-corrected chi connectivity index (χ4v) is 6.70. The number of hydrogen-bond acceptors (Lipinski definition) is 7. The summed E-state index contributed by atoms with van der Waals surface area (Å²) in [6.45, 7) is 9.07. The lowest BCUT2D eigenvalue weighted by atomic mass is 10.0. The summed E-state index contributed by atoms with van der Waals surface area (Å²) >= 11 is 0. The normalized spacial score (nSPS) is 27.8. The van der Waals surface area contributed by atoms with Gasteiger partial charge in [-0.1, -0.05) is 31.9 Å². The number of nitrogens with zero attached hydrogens (tertiary/aromatic N) is 3. The number of carbonyl (C=O) groups is 4. The number of nitrogens with one attached hydrogen (secondary N) is 3. The van der Waals surface area contributed by atoms with Crippen molar-refractivity contribution in [3.05, 3.63) is 30.1 Å². The molecule has 1 aliphatic carbocycles. The van der Waals surface area contributed by atoms with Gasteiger partial charge in [0.2, 0.25) is 21.8 Å². The minimum absolute atomic E-state index is 0.0780. The summed E-state index contributed by atoms with van der Waals surface area (Å²) in [5.41, 5.74) is -1.20. The van der Waals surface area contributed by atoms with Gasteiger partial charge in [0, 0.05) is 24.7 Å². The first kappa shape index (κ1) is 32.7. The molecular weight excluding hydrogens is 572 g/mol. The van der Waals surface area contributed by atoms with Gasteiger partial charge in [-0.3, -0.25) is 28.6 Å². The van der Waals surface area contributed by atoms with E-state index in [0.717, 1.165) is 19.3 Å². The van der Waals surface area contributed by atoms with E-state index in [4.69, 9.17) is 0 Å². The van der Waals surface area contributed by atoms with Crippen molar-refractivity contribution in [3.63, 3.8) is 0 Å². The quantitative estimate of drug-likeness (QED) is 0.396. The van der Waals surface area contributed by atoms with Crippen LogP contribution in [-0.2, 0) is 24.4 Å². The molecule has 4 rings (SSSR count). The van der Waals surface area contributed by atoms with Gasteiger partial charge in [0.1, 0.15) is 23.3 Å². The minimum Gasteiger partial charge on any atom is -0.339 e. The molecule has 2 aliphatic heterocycles. The SMILES string of the molecule is CCC(C)(C)S(=O)(=O)NC(=O)[C@@]12CC1/C=C\CCCCC[C@H](NC(=O)c1ccn(C(C)C)n1)C(=O)N1CCCC1C(=O)N2. The van der Waals surface area contributed by atoms with Gasteiger partial charge < -0.3 is 15.5 Å². The predicted octanol–water partition coefficient (Wildman–Crippen LogP) is 2.58. The molecule has 12 nitrogen and oxygen atoms in total. The Labute approximate surface area is 254 Å². The summed E-state index contributed by atoms with van der Waals surface area (Å²) < 4.78 is 28.7. The Morgan fingerprint density at radius 1 is 1.16 bits per heavy atom. The predicted molar refractivity (Wildman–Crippen MR) is 161 cm³/mol. The maximum Gasteiger partial charge on any atom is 0.272 e. The lowest BCUT2D eigenvalue weighted by molar-refractivity contribution is -0.141. The lowest BCUT2D eigenvalue weighted by Crippen LogP contribution is -2.59. The first-order valence-corrected chi connectivity index (χ1v) is 16.9. The Morgan fingerprint density at radius 3 is 2.58 bits per heavy atom. The number of hydrogen-bond donors (Lipinski definition) is 3. The number of carbonyl (C=O) groups excluding carboxylic acids is 4. The van der Waals surface area contributed by atoms with Crippen LogP contribution < -0.4 is 15.4 Å². The van der Waals surface area contributed by atoms with Crippen molar-refractivity contribution in [2.24, 2.45) is 5.92 Å². The molecule has 0 radical (unpaired) electrons. The van der Waals surface area contributed by atoms with Crippen molar-refractivity contribution in [1.82, 2.24) is 30.0 Å². The van der Waals surface area contributed by atoms with E-state index in [0.29, 0.717) is 38.6 Å². The van der Waals surface area contributed by atoms with Crippen molar-refractivity contribution in [3.8, 4) is 0 Å². The summed E-state index contributed by atoms with van der Waals surface area (Å²) in [5, 5.41) is 10.0. The van der Waals surface area contributed by atoms with Crippen LogP contribution in [0.15, 0.2) is 24.4 Å². The number of allylic oxidation sites excluding steroid dienone is 1. The van der Waals surface area contributed by atoms with Crippen LogP contribution in [-0.4, -0.2) is 75.6 Å². The highest BCUT2D eigenvalue weighted by Gasteiger charge is 2.61. The zero-order valence-corrected chi connectivity index (χ0v) is 26.7. The van der Waals surface area contributed by atoms with Crippen LogP contribution in [0.5, 0.6) is 0 Å². The molecule has 238 valence electrons. The molecule has 1 aromatic heterocycles. The van der Waals surface area contributed by atoms with Crippen molar-refractivity contribution >= 4 is 33.7 Å². The Hall–Kier alpha value is -3.22. The van der Waals surface area contributed by atoms with Gasteiger partial charge in [-0.15, -0.1) is 0 Å². The van der Waals surface area contributed by atoms with E-state index >= 15 is 0 Å². The summed E-state index contributed by atoms with van der Waals surface area (Å²) in [4.78, 5) is 55.7. The van der Waals surface area contributed by atoms with Gasteiger partial charge in [-0.2, -0.15) is 5.10 Å². The van der Waals surface area contributed by atoms with Crippen molar-refractivity contribution < 1.29 is 27.6 Å². The Morgan fingerprint density at radius 2 is 1.91 bits per heavy atom. The van der Waals surface area contributed by atoms with Crippen molar-refractivity contribution in [2.75, 3.05) is 6.54 Å². The van der Waals surface area contributed by atoms with Crippen LogP contribution in [0.4, 0.5) is 0 Å². The first-order chi connectivity index (χ1) is 20.2. The molecule has 4 atom stereocenters. The highest BCUT2D eigenvalue weighted by atomic mass is 32.2.